The first-order valence-corrected chi connectivity index (χ1v) is 14.7. The van der Waals surface area contributed by atoms with Crippen molar-refractivity contribution < 1.29 is 28.6 Å². The van der Waals surface area contributed by atoms with Gasteiger partial charge in [-0.1, -0.05) is 24.3 Å². The standard InChI is InChI=1S/C35H34N4O6/c1-21-11-26(17-36-15-21)35(42)39-18-29-32(19-39)45-30-10-8-23(12-31(30)43-3)16-37-33(40)20-44-27-6-4-5-24(13-27)28-14-25(34(41)38-29)9-7-22(28)2/h4-15,17,29,32H,16,18-20H2,1-3H3,(H,37,40)(H,38,41)/t29-,32-/m0/s1. The fraction of sp³-hybridized carbons (Fsp3) is 0.257. The van der Waals surface area contributed by atoms with Gasteiger partial charge in [0.1, 0.15) is 11.9 Å². The van der Waals surface area contributed by atoms with Crippen LogP contribution in [0.2, 0.25) is 0 Å². The number of fused-ring (bicyclic) bond motifs is 7. The maximum atomic E-state index is 13.7. The van der Waals surface area contributed by atoms with Gasteiger partial charge in [-0.15, -0.1) is 0 Å². The van der Waals surface area contributed by atoms with Gasteiger partial charge >= 0.3 is 0 Å². The quantitative estimate of drug-likeness (QED) is 0.353. The average molecular weight is 607 g/mol. The number of amides is 3. The SMILES string of the molecule is COc1cc2ccc1O[C@H]1CN(C(=O)c3cncc(C)c3)C[C@@H]1NC(=O)c1ccc(C)c(c1)-c1cccc(c1)OCC(=O)NC2. The zero-order valence-corrected chi connectivity index (χ0v) is 25.3. The molecular formula is C35H34N4O6. The highest BCUT2D eigenvalue weighted by atomic mass is 16.5. The molecule has 4 aromatic rings. The summed E-state index contributed by atoms with van der Waals surface area (Å²) in [6.45, 7) is 4.45. The molecule has 0 unspecified atom stereocenters. The van der Waals surface area contributed by atoms with Crippen LogP contribution in [-0.2, 0) is 11.3 Å². The highest BCUT2D eigenvalue weighted by Gasteiger charge is 2.39. The van der Waals surface area contributed by atoms with Gasteiger partial charge in [0.2, 0.25) is 0 Å². The normalized spacial score (nSPS) is 18.2. The smallest absolute Gasteiger partial charge is 0.258 e. The molecule has 3 aliphatic heterocycles. The number of pyridine rings is 1. The summed E-state index contributed by atoms with van der Waals surface area (Å²) in [5.41, 5.74) is 5.30. The number of likely N-dealkylation sites (tertiary alicyclic amines) is 1. The Morgan fingerprint density at radius 2 is 1.84 bits per heavy atom. The van der Waals surface area contributed by atoms with Crippen LogP contribution in [0.3, 0.4) is 0 Å². The van der Waals surface area contributed by atoms with Crippen LogP contribution < -0.4 is 24.8 Å². The molecule has 3 amide bonds. The average Bonchev–Trinajstić information content (AvgIpc) is 3.44. The minimum atomic E-state index is -0.570. The molecule has 1 fully saturated rings. The number of aryl methyl sites for hydroxylation is 2. The van der Waals surface area contributed by atoms with E-state index in [9.17, 15) is 14.4 Å². The number of hydrogen-bond donors (Lipinski definition) is 2. The van der Waals surface area contributed by atoms with Crippen LogP contribution in [0.5, 0.6) is 17.2 Å². The first-order valence-electron chi connectivity index (χ1n) is 14.7. The van der Waals surface area contributed by atoms with E-state index in [-0.39, 0.29) is 44.0 Å². The summed E-state index contributed by atoms with van der Waals surface area (Å²) in [6, 6.07) is 19.6. The van der Waals surface area contributed by atoms with Gasteiger partial charge in [0.05, 0.1) is 25.3 Å². The van der Waals surface area contributed by atoms with Crippen LogP contribution in [0.15, 0.2) is 79.1 Å². The number of nitrogens with zero attached hydrogens (tertiary/aromatic N) is 2. The molecule has 3 aliphatic rings. The molecule has 7 rings (SSSR count). The Bertz CT molecular complexity index is 1770. The predicted octanol–water partition coefficient (Wildman–Crippen LogP) is 4.08. The Labute approximate surface area is 261 Å². The zero-order chi connectivity index (χ0) is 31.5. The lowest BCUT2D eigenvalue weighted by atomic mass is 9.97. The van der Waals surface area contributed by atoms with Gasteiger partial charge in [-0.2, -0.15) is 0 Å². The number of carbonyl (C=O) groups is 3. The van der Waals surface area contributed by atoms with Crippen molar-refractivity contribution in [1.82, 2.24) is 20.5 Å². The number of methoxy groups -OCH3 is 1. The lowest BCUT2D eigenvalue weighted by molar-refractivity contribution is -0.123. The van der Waals surface area contributed by atoms with Crippen LogP contribution in [0, 0.1) is 13.8 Å². The summed E-state index contributed by atoms with van der Waals surface area (Å²) in [7, 11) is 1.54. The van der Waals surface area contributed by atoms with E-state index >= 15 is 0 Å². The van der Waals surface area contributed by atoms with Gasteiger partial charge in [-0.25, -0.2) is 0 Å². The minimum absolute atomic E-state index is 0.153. The van der Waals surface area contributed by atoms with Gasteiger partial charge in [-0.05, 0) is 84.1 Å². The molecule has 0 saturated carbocycles. The van der Waals surface area contributed by atoms with E-state index in [0.29, 0.717) is 28.4 Å². The van der Waals surface area contributed by atoms with E-state index < -0.39 is 12.1 Å². The van der Waals surface area contributed by atoms with Crippen molar-refractivity contribution in [3.63, 3.8) is 0 Å². The molecule has 10 nitrogen and oxygen atoms in total. The van der Waals surface area contributed by atoms with E-state index in [1.54, 1.807) is 47.6 Å². The third kappa shape index (κ3) is 6.59. The second-order valence-corrected chi connectivity index (χ2v) is 11.3. The van der Waals surface area contributed by atoms with Crippen LogP contribution in [0.1, 0.15) is 37.4 Å². The van der Waals surface area contributed by atoms with Crippen molar-refractivity contribution in [2.45, 2.75) is 32.5 Å². The van der Waals surface area contributed by atoms with Crippen molar-refractivity contribution in [2.24, 2.45) is 0 Å². The number of benzene rings is 3. The third-order valence-corrected chi connectivity index (χ3v) is 8.00. The molecule has 1 aromatic heterocycles. The van der Waals surface area contributed by atoms with E-state index in [4.69, 9.17) is 14.2 Å². The summed E-state index contributed by atoms with van der Waals surface area (Å²) in [5, 5.41) is 6.01. The second-order valence-electron chi connectivity index (χ2n) is 11.3. The lowest BCUT2D eigenvalue weighted by Crippen LogP contribution is -2.45. The summed E-state index contributed by atoms with van der Waals surface area (Å²) >= 11 is 0. The maximum Gasteiger partial charge on any atom is 0.258 e. The Balaban J connectivity index is 1.36. The highest BCUT2D eigenvalue weighted by Crippen LogP contribution is 2.32. The number of ether oxygens (including phenoxy) is 3. The molecule has 2 atom stereocenters. The summed E-state index contributed by atoms with van der Waals surface area (Å²) in [5.74, 6) is 0.701. The minimum Gasteiger partial charge on any atom is -0.493 e. The van der Waals surface area contributed by atoms with E-state index in [0.717, 1.165) is 27.8 Å². The van der Waals surface area contributed by atoms with Crippen molar-refractivity contribution in [1.29, 1.82) is 0 Å². The summed E-state index contributed by atoms with van der Waals surface area (Å²) < 4.78 is 17.9. The molecule has 3 aromatic carbocycles. The summed E-state index contributed by atoms with van der Waals surface area (Å²) in [4.78, 5) is 45.7. The highest BCUT2D eigenvalue weighted by molar-refractivity contribution is 5.97. The number of carbonyl (C=O) groups excluding carboxylic acids is 3. The number of rotatable bonds is 2. The molecule has 2 N–H and O–H groups in total. The van der Waals surface area contributed by atoms with E-state index in [1.165, 1.54) is 7.11 Å². The fourth-order valence-electron chi connectivity index (χ4n) is 5.61. The Morgan fingerprint density at radius 1 is 0.978 bits per heavy atom. The fourth-order valence-corrected chi connectivity index (χ4v) is 5.61. The third-order valence-electron chi connectivity index (χ3n) is 8.00. The first-order chi connectivity index (χ1) is 21.8. The Hall–Kier alpha value is -5.38. The van der Waals surface area contributed by atoms with Gasteiger partial charge in [0.25, 0.3) is 17.7 Å². The molecule has 1 saturated heterocycles. The lowest BCUT2D eigenvalue weighted by Gasteiger charge is -2.23. The zero-order valence-electron chi connectivity index (χ0n) is 25.3. The number of aromatic nitrogens is 1. The molecule has 4 heterocycles. The molecule has 10 heteroatoms. The van der Waals surface area contributed by atoms with Crippen molar-refractivity contribution in [3.8, 4) is 28.4 Å². The maximum absolute atomic E-state index is 13.7. The predicted molar refractivity (Wildman–Crippen MR) is 167 cm³/mol. The first kappa shape index (κ1) is 29.7. The molecule has 6 bridgehead atoms. The summed E-state index contributed by atoms with van der Waals surface area (Å²) in [6.07, 6.45) is 2.67. The van der Waals surface area contributed by atoms with Crippen LogP contribution >= 0.6 is 0 Å². The number of nitrogens with one attached hydrogen (secondary N) is 2. The van der Waals surface area contributed by atoms with Gasteiger partial charge in [-0.3, -0.25) is 19.4 Å². The van der Waals surface area contributed by atoms with E-state index in [2.05, 4.69) is 15.6 Å². The molecule has 0 aliphatic carbocycles. The molecule has 45 heavy (non-hydrogen) atoms. The van der Waals surface area contributed by atoms with Crippen LogP contribution in [-0.4, -0.2) is 66.6 Å². The van der Waals surface area contributed by atoms with Crippen molar-refractivity contribution in [2.75, 3.05) is 26.8 Å². The van der Waals surface area contributed by atoms with E-state index in [1.807, 2.05) is 50.2 Å². The molecule has 230 valence electrons. The largest absolute Gasteiger partial charge is 0.493 e. The van der Waals surface area contributed by atoms with Gasteiger partial charge in [0, 0.05) is 31.0 Å². The second kappa shape index (κ2) is 12.7. The molecular weight excluding hydrogens is 572 g/mol. The monoisotopic (exact) mass is 606 g/mol. The van der Waals surface area contributed by atoms with Gasteiger partial charge in [0.15, 0.2) is 18.1 Å². The van der Waals surface area contributed by atoms with Crippen molar-refractivity contribution >= 4 is 17.7 Å². The van der Waals surface area contributed by atoms with Crippen LogP contribution in [0.25, 0.3) is 11.1 Å². The topological polar surface area (TPSA) is 119 Å². The molecule has 0 radical (unpaired) electrons. The number of hydrogen-bond acceptors (Lipinski definition) is 7. The Kier molecular flexibility index (Phi) is 8.37. The van der Waals surface area contributed by atoms with Crippen LogP contribution in [0.4, 0.5) is 0 Å². The van der Waals surface area contributed by atoms with Gasteiger partial charge < -0.3 is 29.7 Å². The molecule has 0 spiro atoms. The van der Waals surface area contributed by atoms with Crippen molar-refractivity contribution in [3.05, 3.63) is 107 Å². The Morgan fingerprint density at radius 3 is 2.67 bits per heavy atom.